The van der Waals surface area contributed by atoms with Gasteiger partial charge in [-0.1, -0.05) is 0 Å². The first-order valence-corrected chi connectivity index (χ1v) is 9.22. The summed E-state index contributed by atoms with van der Waals surface area (Å²) < 4.78 is 5.67. The zero-order valence-electron chi connectivity index (χ0n) is 14.7. The van der Waals surface area contributed by atoms with Crippen LogP contribution in [0, 0.1) is 31.6 Å². The van der Waals surface area contributed by atoms with Gasteiger partial charge in [0.2, 0.25) is 11.8 Å². The highest BCUT2D eigenvalue weighted by molar-refractivity contribution is 5.80. The number of rotatable bonds is 3. The van der Waals surface area contributed by atoms with Crippen LogP contribution in [-0.2, 0) is 11.3 Å². The molecule has 2 bridgehead atoms. The second-order valence-corrected chi connectivity index (χ2v) is 7.79. The minimum Gasteiger partial charge on any atom is -0.444 e. The van der Waals surface area contributed by atoms with E-state index < -0.39 is 0 Å². The van der Waals surface area contributed by atoms with Crippen molar-refractivity contribution in [1.82, 2.24) is 14.8 Å². The van der Waals surface area contributed by atoms with E-state index in [1.807, 2.05) is 18.7 Å². The molecular formula is C18H28N4O2. The predicted molar refractivity (Wildman–Crippen MR) is 90.1 cm³/mol. The summed E-state index contributed by atoms with van der Waals surface area (Å²) in [6.45, 7) is 7.98. The van der Waals surface area contributed by atoms with Crippen LogP contribution < -0.4 is 5.73 Å². The van der Waals surface area contributed by atoms with Gasteiger partial charge in [-0.2, -0.15) is 0 Å². The van der Waals surface area contributed by atoms with Crippen LogP contribution in [0.3, 0.4) is 0 Å². The number of hydrogen-bond donors (Lipinski definition) is 1. The molecule has 24 heavy (non-hydrogen) atoms. The van der Waals surface area contributed by atoms with Crippen molar-refractivity contribution in [2.45, 2.75) is 45.7 Å². The maximum atomic E-state index is 12.9. The van der Waals surface area contributed by atoms with Crippen molar-refractivity contribution < 1.29 is 9.21 Å². The first-order valence-electron chi connectivity index (χ1n) is 9.22. The minimum atomic E-state index is 0.0762. The highest BCUT2D eigenvalue weighted by atomic mass is 16.4. The third kappa shape index (κ3) is 2.75. The lowest BCUT2D eigenvalue weighted by molar-refractivity contribution is -0.139. The number of nitrogens with two attached hydrogens (primary N) is 1. The molecular weight excluding hydrogens is 304 g/mol. The summed E-state index contributed by atoms with van der Waals surface area (Å²) in [6.07, 6.45) is 3.58. The van der Waals surface area contributed by atoms with E-state index in [0.29, 0.717) is 17.7 Å². The maximum absolute atomic E-state index is 12.9. The van der Waals surface area contributed by atoms with Gasteiger partial charge in [-0.05, 0) is 44.9 Å². The van der Waals surface area contributed by atoms with Crippen molar-refractivity contribution in [2.75, 3.05) is 26.2 Å². The molecule has 6 heteroatoms. The number of aryl methyl sites for hydroxylation is 2. The Morgan fingerprint density at radius 2 is 1.92 bits per heavy atom. The van der Waals surface area contributed by atoms with Gasteiger partial charge in [0.25, 0.3) is 0 Å². The van der Waals surface area contributed by atoms with Gasteiger partial charge in [0.1, 0.15) is 5.76 Å². The summed E-state index contributed by atoms with van der Waals surface area (Å²) in [6, 6.07) is 0.0903. The fourth-order valence-corrected chi connectivity index (χ4v) is 4.84. The zero-order chi connectivity index (χ0) is 16.8. The molecule has 3 aliphatic rings. The van der Waals surface area contributed by atoms with Gasteiger partial charge < -0.3 is 15.1 Å². The van der Waals surface area contributed by atoms with Gasteiger partial charge >= 0.3 is 0 Å². The largest absolute Gasteiger partial charge is 0.444 e. The Morgan fingerprint density at radius 3 is 2.50 bits per heavy atom. The molecule has 4 rings (SSSR count). The highest BCUT2D eigenvalue weighted by Crippen LogP contribution is 2.48. The van der Waals surface area contributed by atoms with E-state index in [-0.39, 0.29) is 12.0 Å². The van der Waals surface area contributed by atoms with E-state index in [0.717, 1.165) is 50.1 Å². The molecule has 132 valence electrons. The number of nitrogens with zero attached hydrogens (tertiary/aromatic N) is 3. The van der Waals surface area contributed by atoms with Crippen LogP contribution in [0.1, 0.15) is 36.6 Å². The quantitative estimate of drug-likeness (QED) is 0.903. The topological polar surface area (TPSA) is 75.6 Å². The standard InChI is InChI=1S/C18H28N4O2/c1-11-12(2)24-15(20-11)10-21-5-7-22(8-6-21)18(23)16-13-3-4-14(9-13)17(16)19/h13-14,16-17H,3-10,19H2,1-2H3. The summed E-state index contributed by atoms with van der Waals surface area (Å²) in [5, 5.41) is 0. The predicted octanol–water partition coefficient (Wildman–Crippen LogP) is 1.31. The Labute approximate surface area is 143 Å². The Balaban J connectivity index is 1.32. The number of amides is 1. The number of fused-ring (bicyclic) bond motifs is 2. The average Bonchev–Trinajstić information content (AvgIpc) is 3.23. The average molecular weight is 332 g/mol. The Morgan fingerprint density at radius 1 is 1.21 bits per heavy atom. The van der Waals surface area contributed by atoms with Crippen molar-refractivity contribution in [3.05, 3.63) is 17.3 Å². The van der Waals surface area contributed by atoms with Crippen LogP contribution >= 0.6 is 0 Å². The van der Waals surface area contributed by atoms with E-state index in [1.54, 1.807) is 0 Å². The summed E-state index contributed by atoms with van der Waals surface area (Å²) >= 11 is 0. The van der Waals surface area contributed by atoms with E-state index >= 15 is 0 Å². The molecule has 0 spiro atoms. The lowest BCUT2D eigenvalue weighted by atomic mass is 9.84. The van der Waals surface area contributed by atoms with Crippen molar-refractivity contribution in [3.63, 3.8) is 0 Å². The van der Waals surface area contributed by atoms with Crippen molar-refractivity contribution in [1.29, 1.82) is 0 Å². The van der Waals surface area contributed by atoms with Crippen molar-refractivity contribution >= 4 is 5.91 Å². The van der Waals surface area contributed by atoms with Gasteiger partial charge in [-0.15, -0.1) is 0 Å². The molecule has 6 nitrogen and oxygen atoms in total. The molecule has 2 heterocycles. The van der Waals surface area contributed by atoms with Crippen LogP contribution in [0.2, 0.25) is 0 Å². The van der Waals surface area contributed by atoms with Crippen LogP contribution in [0.15, 0.2) is 4.42 Å². The number of piperazine rings is 1. The number of carbonyl (C=O) groups excluding carboxylic acids is 1. The summed E-state index contributed by atoms with van der Waals surface area (Å²) in [7, 11) is 0. The third-order valence-corrected chi connectivity index (χ3v) is 6.38. The van der Waals surface area contributed by atoms with Gasteiger partial charge in [-0.25, -0.2) is 4.98 Å². The molecule has 0 radical (unpaired) electrons. The fourth-order valence-electron chi connectivity index (χ4n) is 4.84. The first kappa shape index (κ1) is 16.1. The fraction of sp³-hybridized carbons (Fsp3) is 0.778. The van der Waals surface area contributed by atoms with Crippen molar-refractivity contribution in [3.8, 4) is 0 Å². The van der Waals surface area contributed by atoms with Gasteiger partial charge in [-0.3, -0.25) is 9.69 Å². The van der Waals surface area contributed by atoms with E-state index in [1.165, 1.54) is 19.3 Å². The van der Waals surface area contributed by atoms with E-state index in [2.05, 4.69) is 9.88 Å². The number of aromatic nitrogens is 1. The lowest BCUT2D eigenvalue weighted by Gasteiger charge is -2.38. The Hall–Kier alpha value is -1.40. The number of hydrogen-bond acceptors (Lipinski definition) is 5. The molecule has 1 amide bonds. The molecule has 4 atom stereocenters. The zero-order valence-corrected chi connectivity index (χ0v) is 14.7. The minimum absolute atomic E-state index is 0.0762. The number of carbonyl (C=O) groups is 1. The van der Waals surface area contributed by atoms with Crippen molar-refractivity contribution in [2.24, 2.45) is 23.5 Å². The molecule has 1 saturated heterocycles. The normalized spacial score (nSPS) is 33.4. The Bertz CT molecular complexity index is 599. The van der Waals surface area contributed by atoms with E-state index in [9.17, 15) is 4.79 Å². The second-order valence-electron chi connectivity index (χ2n) is 7.79. The monoisotopic (exact) mass is 332 g/mol. The molecule has 1 aromatic rings. The highest BCUT2D eigenvalue weighted by Gasteiger charge is 2.50. The lowest BCUT2D eigenvalue weighted by Crippen LogP contribution is -2.53. The SMILES string of the molecule is Cc1nc(CN2CCN(C(=O)C3C4CCC(C4)C3N)CC2)oc1C. The first-order chi connectivity index (χ1) is 11.5. The smallest absolute Gasteiger partial charge is 0.227 e. The van der Waals surface area contributed by atoms with Crippen LogP contribution in [0.25, 0.3) is 0 Å². The molecule has 2 saturated carbocycles. The van der Waals surface area contributed by atoms with Gasteiger partial charge in [0, 0.05) is 32.2 Å². The molecule has 4 unspecified atom stereocenters. The summed E-state index contributed by atoms with van der Waals surface area (Å²) in [5.41, 5.74) is 7.30. The molecule has 3 fully saturated rings. The maximum Gasteiger partial charge on any atom is 0.227 e. The summed E-state index contributed by atoms with van der Waals surface area (Å²) in [4.78, 5) is 21.7. The molecule has 2 N–H and O–H groups in total. The summed E-state index contributed by atoms with van der Waals surface area (Å²) in [5.74, 6) is 3.17. The molecule has 1 aromatic heterocycles. The van der Waals surface area contributed by atoms with E-state index in [4.69, 9.17) is 10.2 Å². The van der Waals surface area contributed by atoms with Gasteiger partial charge in [0.15, 0.2) is 0 Å². The van der Waals surface area contributed by atoms with Crippen LogP contribution in [0.5, 0.6) is 0 Å². The molecule has 2 aliphatic carbocycles. The van der Waals surface area contributed by atoms with Crippen LogP contribution in [0.4, 0.5) is 0 Å². The number of oxazole rings is 1. The molecule has 1 aliphatic heterocycles. The Kier molecular flexibility index (Phi) is 4.12. The second kappa shape index (κ2) is 6.15. The van der Waals surface area contributed by atoms with Crippen LogP contribution in [-0.4, -0.2) is 52.9 Å². The third-order valence-electron chi connectivity index (χ3n) is 6.38. The molecule has 0 aromatic carbocycles. The van der Waals surface area contributed by atoms with Gasteiger partial charge in [0.05, 0.1) is 18.2 Å².